The smallest absolute Gasteiger partial charge is 0.303 e. The van der Waals surface area contributed by atoms with Crippen LogP contribution in [0.15, 0.2) is 0 Å². The number of carboxylic acids is 1. The van der Waals surface area contributed by atoms with Gasteiger partial charge in [-0.3, -0.25) is 14.4 Å². The summed E-state index contributed by atoms with van der Waals surface area (Å²) in [6, 6.07) is 0. The fraction of sp³-hybridized carbons (Fsp3) is 0.769. The Bertz CT molecular complexity index is 402. The van der Waals surface area contributed by atoms with Crippen molar-refractivity contribution in [1.29, 1.82) is 0 Å². The second kappa shape index (κ2) is 4.46. The van der Waals surface area contributed by atoms with Crippen LogP contribution in [0.5, 0.6) is 0 Å². The van der Waals surface area contributed by atoms with Crippen LogP contribution < -0.4 is 0 Å². The average molecular weight is 254 g/mol. The summed E-state index contributed by atoms with van der Waals surface area (Å²) in [6.45, 7) is 1.72. The molecule has 0 aromatic carbocycles. The lowest BCUT2D eigenvalue weighted by atomic mass is 9.61. The number of hydrogen-bond donors (Lipinski definition) is 2. The fourth-order valence-corrected chi connectivity index (χ4v) is 3.53. The van der Waals surface area contributed by atoms with E-state index in [4.69, 9.17) is 5.11 Å². The zero-order valence-corrected chi connectivity index (χ0v) is 10.4. The molecular weight excluding hydrogens is 236 g/mol. The molecule has 0 amide bonds. The van der Waals surface area contributed by atoms with Gasteiger partial charge in [0, 0.05) is 25.2 Å². The Morgan fingerprint density at radius 3 is 2.72 bits per heavy atom. The first-order chi connectivity index (χ1) is 8.37. The number of carboxylic acid groups (broad SMARTS) is 1. The highest BCUT2D eigenvalue weighted by Gasteiger charge is 2.58. The van der Waals surface area contributed by atoms with Crippen LogP contribution in [0.1, 0.15) is 39.0 Å². The van der Waals surface area contributed by atoms with Gasteiger partial charge in [0.2, 0.25) is 0 Å². The SMILES string of the molecule is C[C@@]12C(=O)CC[C@H]1[C@H](CCC(=O)O)C(=O)CC2O. The molecule has 2 saturated carbocycles. The van der Waals surface area contributed by atoms with Gasteiger partial charge in [-0.05, 0) is 25.7 Å². The molecule has 0 spiro atoms. The molecule has 5 heteroatoms. The predicted octanol–water partition coefficient (Wildman–Crippen LogP) is 0.787. The molecule has 5 nitrogen and oxygen atoms in total. The Kier molecular flexibility index (Phi) is 3.27. The third-order valence-electron chi connectivity index (χ3n) is 4.71. The Morgan fingerprint density at radius 1 is 1.44 bits per heavy atom. The zero-order chi connectivity index (χ0) is 13.5. The second-order valence-corrected chi connectivity index (χ2v) is 5.58. The van der Waals surface area contributed by atoms with Crippen molar-refractivity contribution in [2.45, 2.75) is 45.1 Å². The number of aliphatic hydroxyl groups is 1. The topological polar surface area (TPSA) is 91.7 Å². The molecule has 2 fully saturated rings. The molecule has 0 aliphatic heterocycles. The van der Waals surface area contributed by atoms with E-state index in [0.29, 0.717) is 12.8 Å². The summed E-state index contributed by atoms with van der Waals surface area (Å²) in [7, 11) is 0. The minimum absolute atomic E-state index is 0.00725. The number of aliphatic carboxylic acids is 1. The first-order valence-corrected chi connectivity index (χ1v) is 6.33. The predicted molar refractivity (Wildman–Crippen MR) is 61.8 cm³/mol. The molecular formula is C13H18O5. The highest BCUT2D eigenvalue weighted by Crippen LogP contribution is 2.52. The number of carbonyl (C=O) groups excluding carboxylic acids is 2. The molecule has 0 heterocycles. The standard InChI is InChI=1S/C13H18O5/c1-13-8(3-4-10(13)15)7(2-5-12(17)18)9(14)6-11(13)16/h7-8,11,16H,2-6H2,1H3,(H,17,18)/t7-,8-,11?,13-/m0/s1. The molecule has 2 N–H and O–H groups in total. The third kappa shape index (κ3) is 1.86. The van der Waals surface area contributed by atoms with E-state index in [-0.39, 0.29) is 42.7 Å². The first kappa shape index (κ1) is 13.2. The van der Waals surface area contributed by atoms with Crippen molar-refractivity contribution in [3.05, 3.63) is 0 Å². The number of ketones is 2. The highest BCUT2D eigenvalue weighted by molar-refractivity contribution is 5.93. The first-order valence-electron chi connectivity index (χ1n) is 6.33. The van der Waals surface area contributed by atoms with Crippen molar-refractivity contribution < 1.29 is 24.6 Å². The molecule has 2 aliphatic rings. The van der Waals surface area contributed by atoms with Crippen molar-refractivity contribution in [2.24, 2.45) is 17.3 Å². The average Bonchev–Trinajstić information content (AvgIpc) is 2.58. The number of fused-ring (bicyclic) bond motifs is 1. The molecule has 1 unspecified atom stereocenters. The van der Waals surface area contributed by atoms with Crippen molar-refractivity contribution in [1.82, 2.24) is 0 Å². The van der Waals surface area contributed by atoms with E-state index in [1.165, 1.54) is 0 Å². The molecule has 100 valence electrons. The molecule has 0 saturated heterocycles. The molecule has 0 bridgehead atoms. The van der Waals surface area contributed by atoms with E-state index < -0.39 is 17.5 Å². The molecule has 18 heavy (non-hydrogen) atoms. The van der Waals surface area contributed by atoms with Gasteiger partial charge in [0.1, 0.15) is 11.6 Å². The molecule has 0 aromatic rings. The van der Waals surface area contributed by atoms with Crippen LogP contribution in [0, 0.1) is 17.3 Å². The summed E-state index contributed by atoms with van der Waals surface area (Å²) in [5.41, 5.74) is -0.850. The molecule has 2 aliphatic carbocycles. The number of Topliss-reactive ketones (excluding diaryl/α,β-unsaturated/α-hetero) is 2. The van der Waals surface area contributed by atoms with E-state index in [1.54, 1.807) is 6.92 Å². The van der Waals surface area contributed by atoms with E-state index in [9.17, 15) is 19.5 Å². The largest absolute Gasteiger partial charge is 0.481 e. The van der Waals surface area contributed by atoms with Crippen LogP contribution in [0.25, 0.3) is 0 Å². The minimum Gasteiger partial charge on any atom is -0.481 e. The highest BCUT2D eigenvalue weighted by atomic mass is 16.4. The third-order valence-corrected chi connectivity index (χ3v) is 4.71. The number of rotatable bonds is 3. The fourth-order valence-electron chi connectivity index (χ4n) is 3.53. The molecule has 2 rings (SSSR count). The second-order valence-electron chi connectivity index (χ2n) is 5.58. The lowest BCUT2D eigenvalue weighted by molar-refractivity contribution is -0.149. The number of aliphatic hydroxyl groups excluding tert-OH is 1. The molecule has 4 atom stereocenters. The Balaban J connectivity index is 2.23. The zero-order valence-electron chi connectivity index (χ0n) is 10.4. The van der Waals surface area contributed by atoms with Crippen molar-refractivity contribution in [2.75, 3.05) is 0 Å². The van der Waals surface area contributed by atoms with E-state index in [2.05, 4.69) is 0 Å². The van der Waals surface area contributed by atoms with Gasteiger partial charge < -0.3 is 10.2 Å². The van der Waals surface area contributed by atoms with Crippen LogP contribution in [0.4, 0.5) is 0 Å². The summed E-state index contributed by atoms with van der Waals surface area (Å²) < 4.78 is 0. The minimum atomic E-state index is -0.931. The van der Waals surface area contributed by atoms with Crippen LogP contribution in [0.3, 0.4) is 0 Å². The van der Waals surface area contributed by atoms with Crippen LogP contribution >= 0.6 is 0 Å². The Labute approximate surface area is 105 Å². The lowest BCUT2D eigenvalue weighted by Gasteiger charge is -2.43. The van der Waals surface area contributed by atoms with Gasteiger partial charge in [-0.1, -0.05) is 0 Å². The van der Waals surface area contributed by atoms with E-state index in [0.717, 1.165) is 0 Å². The number of carbonyl (C=O) groups is 3. The Hall–Kier alpha value is -1.23. The van der Waals surface area contributed by atoms with Gasteiger partial charge in [-0.15, -0.1) is 0 Å². The maximum Gasteiger partial charge on any atom is 0.303 e. The summed E-state index contributed by atoms with van der Waals surface area (Å²) in [6.07, 6.45) is 0.244. The summed E-state index contributed by atoms with van der Waals surface area (Å²) >= 11 is 0. The monoisotopic (exact) mass is 254 g/mol. The van der Waals surface area contributed by atoms with Gasteiger partial charge >= 0.3 is 5.97 Å². The van der Waals surface area contributed by atoms with Gasteiger partial charge in [0.25, 0.3) is 0 Å². The molecule has 0 radical (unpaired) electrons. The summed E-state index contributed by atoms with van der Waals surface area (Å²) in [4.78, 5) is 34.5. The summed E-state index contributed by atoms with van der Waals surface area (Å²) in [5, 5.41) is 18.7. The van der Waals surface area contributed by atoms with Crippen molar-refractivity contribution >= 4 is 17.5 Å². The van der Waals surface area contributed by atoms with Gasteiger partial charge in [0.15, 0.2) is 0 Å². The number of hydrogen-bond acceptors (Lipinski definition) is 4. The van der Waals surface area contributed by atoms with Gasteiger partial charge in [-0.25, -0.2) is 0 Å². The normalized spacial score (nSPS) is 39.8. The van der Waals surface area contributed by atoms with Crippen LogP contribution in [-0.2, 0) is 14.4 Å². The maximum atomic E-state index is 11.9. The van der Waals surface area contributed by atoms with Gasteiger partial charge in [0.05, 0.1) is 11.5 Å². The van der Waals surface area contributed by atoms with E-state index in [1.807, 2.05) is 0 Å². The lowest BCUT2D eigenvalue weighted by Crippen LogP contribution is -2.51. The van der Waals surface area contributed by atoms with Gasteiger partial charge in [-0.2, -0.15) is 0 Å². The van der Waals surface area contributed by atoms with E-state index >= 15 is 0 Å². The summed E-state index contributed by atoms with van der Waals surface area (Å²) in [5.74, 6) is -1.60. The Morgan fingerprint density at radius 2 is 2.11 bits per heavy atom. The van der Waals surface area contributed by atoms with Crippen molar-refractivity contribution in [3.63, 3.8) is 0 Å². The maximum absolute atomic E-state index is 11.9. The van der Waals surface area contributed by atoms with Crippen molar-refractivity contribution in [3.8, 4) is 0 Å². The van der Waals surface area contributed by atoms with Crippen LogP contribution in [0.2, 0.25) is 0 Å². The molecule has 0 aromatic heterocycles. The quantitative estimate of drug-likeness (QED) is 0.776. The van der Waals surface area contributed by atoms with Crippen LogP contribution in [-0.4, -0.2) is 33.9 Å².